The van der Waals surface area contributed by atoms with E-state index in [0.29, 0.717) is 5.56 Å². The minimum atomic E-state index is 0.641. The van der Waals surface area contributed by atoms with Gasteiger partial charge in [-0.15, -0.1) is 6.42 Å². The van der Waals surface area contributed by atoms with Crippen molar-refractivity contribution >= 4 is 65.7 Å². The minimum Gasteiger partial charge on any atom is -0.306 e. The summed E-state index contributed by atoms with van der Waals surface area (Å²) in [6.07, 6.45) is 5.89. The van der Waals surface area contributed by atoms with Gasteiger partial charge in [-0.05, 0) is 72.8 Å². The quantitative estimate of drug-likeness (QED) is 0.189. The van der Waals surface area contributed by atoms with Crippen molar-refractivity contribution in [2.24, 2.45) is 0 Å². The van der Waals surface area contributed by atoms with Crippen molar-refractivity contribution < 1.29 is 0 Å². The van der Waals surface area contributed by atoms with Gasteiger partial charge in [0.15, 0.2) is 0 Å². The maximum Gasteiger partial charge on any atom is 0.0991 e. The van der Waals surface area contributed by atoms with Gasteiger partial charge in [0.1, 0.15) is 0 Å². The van der Waals surface area contributed by atoms with Crippen LogP contribution in [0.4, 0.5) is 0 Å². The third-order valence-electron chi connectivity index (χ3n) is 8.69. The Bertz CT molecular complexity index is 2570. The molecule has 0 bridgehead atoms. The lowest BCUT2D eigenvalue weighted by Gasteiger charge is -2.13. The Morgan fingerprint density at radius 1 is 0.465 bits per heavy atom. The number of benzene rings is 6. The second-order valence-corrected chi connectivity index (χ2v) is 10.9. The molecule has 0 N–H and O–H groups in total. The Labute approximate surface area is 246 Å². The molecule has 4 heteroatoms. The van der Waals surface area contributed by atoms with Gasteiger partial charge in [-0.1, -0.05) is 60.5 Å². The molecule has 3 heterocycles. The van der Waals surface area contributed by atoms with Gasteiger partial charge in [0.25, 0.3) is 0 Å². The van der Waals surface area contributed by atoms with E-state index in [9.17, 15) is 5.26 Å². The summed E-state index contributed by atoms with van der Waals surface area (Å²) >= 11 is 0. The summed E-state index contributed by atoms with van der Waals surface area (Å²) in [4.78, 5) is 0. The van der Waals surface area contributed by atoms with Gasteiger partial charge in [-0.25, -0.2) is 0 Å². The Balaban J connectivity index is 1.75. The molecule has 3 aromatic heterocycles. The highest BCUT2D eigenvalue weighted by Crippen LogP contribution is 2.41. The maximum absolute atomic E-state index is 9.83. The van der Waals surface area contributed by atoms with Crippen molar-refractivity contribution in [1.82, 2.24) is 13.4 Å². The van der Waals surface area contributed by atoms with E-state index in [-0.39, 0.29) is 0 Å². The summed E-state index contributed by atoms with van der Waals surface area (Å²) in [7, 11) is 0. The summed E-state index contributed by atoms with van der Waals surface area (Å²) in [6, 6.07) is 46.8. The third kappa shape index (κ3) is 3.10. The van der Waals surface area contributed by atoms with Crippen molar-refractivity contribution in [3.63, 3.8) is 0 Å². The average molecular weight is 547 g/mol. The minimum absolute atomic E-state index is 0.641. The smallest absolute Gasteiger partial charge is 0.0991 e. The number of nitriles is 1. The van der Waals surface area contributed by atoms with Crippen LogP contribution in [0.25, 0.3) is 71.4 Å². The van der Waals surface area contributed by atoms with E-state index in [4.69, 9.17) is 6.42 Å². The summed E-state index contributed by atoms with van der Waals surface area (Å²) < 4.78 is 7.12. The molecule has 0 spiro atoms. The first kappa shape index (κ1) is 23.5. The van der Waals surface area contributed by atoms with E-state index < -0.39 is 0 Å². The summed E-state index contributed by atoms with van der Waals surface area (Å²) in [5.41, 5.74) is 11.1. The first-order valence-corrected chi connectivity index (χ1v) is 14.2. The number of para-hydroxylation sites is 5. The number of hydrogen-bond acceptors (Lipinski definition) is 1. The van der Waals surface area contributed by atoms with Gasteiger partial charge in [0.05, 0.1) is 55.8 Å². The lowest BCUT2D eigenvalue weighted by Crippen LogP contribution is -1.99. The monoisotopic (exact) mass is 546 g/mol. The van der Waals surface area contributed by atoms with Crippen LogP contribution in [0, 0.1) is 23.7 Å². The first-order valence-electron chi connectivity index (χ1n) is 14.2. The van der Waals surface area contributed by atoms with Crippen molar-refractivity contribution in [2.45, 2.75) is 0 Å². The van der Waals surface area contributed by atoms with Crippen LogP contribution >= 0.6 is 0 Å². The molecule has 0 atom stereocenters. The molecule has 6 aromatic carbocycles. The van der Waals surface area contributed by atoms with Crippen LogP contribution in [0.5, 0.6) is 0 Å². The number of nitrogens with zero attached hydrogens (tertiary/aromatic N) is 4. The molecule has 0 aliphatic heterocycles. The topological polar surface area (TPSA) is 37.5 Å². The van der Waals surface area contributed by atoms with Gasteiger partial charge in [-0.3, -0.25) is 0 Å². The molecule has 0 saturated heterocycles. The number of aromatic nitrogens is 3. The van der Waals surface area contributed by atoms with Crippen molar-refractivity contribution in [1.29, 1.82) is 5.26 Å². The van der Waals surface area contributed by atoms with E-state index >= 15 is 0 Å². The van der Waals surface area contributed by atoms with Crippen LogP contribution in [-0.4, -0.2) is 13.4 Å². The largest absolute Gasteiger partial charge is 0.306 e. The van der Waals surface area contributed by atoms with E-state index in [1.807, 2.05) is 18.2 Å². The molecule has 43 heavy (non-hydrogen) atoms. The number of hydrogen-bond donors (Lipinski definition) is 0. The molecule has 0 saturated carbocycles. The Kier molecular flexibility index (Phi) is 4.71. The van der Waals surface area contributed by atoms with Crippen LogP contribution < -0.4 is 0 Å². The number of rotatable bonds is 1. The van der Waals surface area contributed by atoms with Gasteiger partial charge in [-0.2, -0.15) is 5.26 Å². The number of terminal acetylenes is 1. The molecule has 0 unspecified atom stereocenters. The van der Waals surface area contributed by atoms with Crippen LogP contribution in [0.2, 0.25) is 0 Å². The SMILES string of the molecule is C#Cc1ccc2c(c1)c1ccc3c4cc(C#N)ccc4n4c5ccccc5n(-c5ccccc5)c5ccccc5n2c1c34. The van der Waals surface area contributed by atoms with Crippen molar-refractivity contribution in [3.05, 3.63) is 139 Å². The maximum atomic E-state index is 9.83. The van der Waals surface area contributed by atoms with Gasteiger partial charge >= 0.3 is 0 Å². The molecule has 9 rings (SSSR count). The average Bonchev–Trinajstić information content (AvgIpc) is 3.58. The van der Waals surface area contributed by atoms with Crippen molar-refractivity contribution in [2.75, 3.05) is 0 Å². The molecule has 0 fully saturated rings. The van der Waals surface area contributed by atoms with Crippen LogP contribution in [-0.2, 0) is 0 Å². The Morgan fingerprint density at radius 2 is 0.953 bits per heavy atom. The molecule has 4 nitrogen and oxygen atoms in total. The third-order valence-corrected chi connectivity index (χ3v) is 8.69. The lowest BCUT2D eigenvalue weighted by atomic mass is 10.1. The predicted octanol–water partition coefficient (Wildman–Crippen LogP) is 9.16. The standard InChI is InChI=1S/C39H22N4/c1-2-25-16-20-32-30(22-25)28-18-19-29-31-23-26(24-40)17-21-33(31)43-37-15-9-7-13-35(37)41(27-10-4-3-5-11-27)34-12-6-8-14-36(34)42(32)38(28)39(29)43/h1,3-23H. The molecule has 9 aromatic rings. The predicted molar refractivity (Wildman–Crippen MR) is 177 cm³/mol. The zero-order chi connectivity index (χ0) is 28.7. The Hall–Kier alpha value is -6.23. The van der Waals surface area contributed by atoms with E-state index in [0.717, 1.165) is 76.9 Å². The molecule has 0 aliphatic carbocycles. The molecular weight excluding hydrogens is 524 g/mol. The lowest BCUT2D eigenvalue weighted by molar-refractivity contribution is 1.15. The second-order valence-electron chi connectivity index (χ2n) is 10.9. The first-order chi connectivity index (χ1) is 21.3. The van der Waals surface area contributed by atoms with Crippen LogP contribution in [0.1, 0.15) is 11.1 Å². The molecule has 0 radical (unpaired) electrons. The van der Waals surface area contributed by atoms with Gasteiger partial charge in [0, 0.05) is 32.8 Å². The molecule has 0 aliphatic rings. The fourth-order valence-electron chi connectivity index (χ4n) is 6.93. The fraction of sp³-hybridized carbons (Fsp3) is 0. The normalized spacial score (nSPS) is 11.7. The van der Waals surface area contributed by atoms with Crippen LogP contribution in [0.3, 0.4) is 0 Å². The molecule has 198 valence electrons. The zero-order valence-corrected chi connectivity index (χ0v) is 23.0. The summed E-state index contributed by atoms with van der Waals surface area (Å²) in [5, 5.41) is 14.2. The highest BCUT2D eigenvalue weighted by atomic mass is 15.0. The van der Waals surface area contributed by atoms with Crippen molar-refractivity contribution in [3.8, 4) is 24.1 Å². The zero-order valence-electron chi connectivity index (χ0n) is 23.0. The molecular formula is C39H22N4. The fourth-order valence-corrected chi connectivity index (χ4v) is 6.93. The highest BCUT2D eigenvalue weighted by molar-refractivity contribution is 6.24. The van der Waals surface area contributed by atoms with E-state index in [1.165, 1.54) is 0 Å². The van der Waals surface area contributed by atoms with E-state index in [2.05, 4.69) is 135 Å². The molecule has 0 amide bonds. The van der Waals surface area contributed by atoms with Gasteiger partial charge < -0.3 is 13.4 Å². The second kappa shape index (κ2) is 8.63. The van der Waals surface area contributed by atoms with Crippen LogP contribution in [0.15, 0.2) is 127 Å². The summed E-state index contributed by atoms with van der Waals surface area (Å²) in [5.74, 6) is 2.84. The van der Waals surface area contributed by atoms with E-state index in [1.54, 1.807) is 0 Å². The Morgan fingerprint density at radius 3 is 1.49 bits per heavy atom. The van der Waals surface area contributed by atoms with Gasteiger partial charge in [0.2, 0.25) is 0 Å². The summed E-state index contributed by atoms with van der Waals surface area (Å²) in [6.45, 7) is 0. The highest BCUT2D eigenvalue weighted by Gasteiger charge is 2.21. The number of fused-ring (bicyclic) bond motifs is 10.